The van der Waals surface area contributed by atoms with Gasteiger partial charge in [-0.05, 0) is 57.2 Å². The maximum atomic E-state index is 12.6. The van der Waals surface area contributed by atoms with E-state index < -0.39 is 5.97 Å². The molecule has 1 fully saturated rings. The van der Waals surface area contributed by atoms with E-state index in [0.29, 0.717) is 60.7 Å². The zero-order valence-corrected chi connectivity index (χ0v) is 24.4. The zero-order valence-electron chi connectivity index (χ0n) is 22.0. The summed E-state index contributed by atoms with van der Waals surface area (Å²) in [7, 11) is 0. The molecule has 12 heteroatoms. The van der Waals surface area contributed by atoms with Crippen LogP contribution in [0.25, 0.3) is 10.9 Å². The Morgan fingerprint density at radius 1 is 0.949 bits per heavy atom. The van der Waals surface area contributed by atoms with Gasteiger partial charge in [0.1, 0.15) is 5.82 Å². The van der Waals surface area contributed by atoms with Crippen molar-refractivity contribution in [3.63, 3.8) is 0 Å². The number of rotatable bonds is 7. The number of carboxylic acid groups (broad SMARTS) is 1. The molecule has 2 heterocycles. The number of piperazine rings is 1. The second kappa shape index (κ2) is 14.9. The molecular formula is C27H34Cl3N5O4. The number of amides is 2. The molecule has 3 N–H and O–H groups in total. The van der Waals surface area contributed by atoms with Gasteiger partial charge in [-0.2, -0.15) is 0 Å². The minimum absolute atomic E-state index is 0. The van der Waals surface area contributed by atoms with Gasteiger partial charge >= 0.3 is 5.97 Å². The molecule has 3 aromatic rings. The summed E-state index contributed by atoms with van der Waals surface area (Å²) in [5.74, 6) is -0.742. The normalized spacial score (nSPS) is 13.1. The molecule has 4 rings (SSSR count). The van der Waals surface area contributed by atoms with Crippen LogP contribution in [0.15, 0.2) is 48.5 Å². The summed E-state index contributed by atoms with van der Waals surface area (Å²) in [6.45, 7) is 8.79. The van der Waals surface area contributed by atoms with E-state index in [1.165, 1.54) is 0 Å². The number of carbonyl (C=O) groups is 3. The first kappa shape index (κ1) is 33.9. The molecule has 9 nitrogen and oxygen atoms in total. The molecule has 0 unspecified atom stereocenters. The molecule has 0 aliphatic carbocycles. The Bertz CT molecular complexity index is 1300. The predicted octanol–water partition coefficient (Wildman–Crippen LogP) is 4.41. The Labute approximate surface area is 246 Å². The summed E-state index contributed by atoms with van der Waals surface area (Å²) in [5, 5.41) is 16.1. The summed E-state index contributed by atoms with van der Waals surface area (Å²) in [4.78, 5) is 45.6. The Balaban J connectivity index is 0.00000253. The van der Waals surface area contributed by atoms with E-state index in [9.17, 15) is 19.5 Å². The monoisotopic (exact) mass is 597 g/mol. The lowest BCUT2D eigenvalue weighted by Crippen LogP contribution is -2.50. The van der Waals surface area contributed by atoms with Crippen molar-refractivity contribution in [1.29, 1.82) is 0 Å². The van der Waals surface area contributed by atoms with Gasteiger partial charge in [-0.3, -0.25) is 14.5 Å². The molecular weight excluding hydrogens is 565 g/mol. The Hall–Kier alpha value is -3.11. The molecule has 2 amide bonds. The number of fused-ring (bicyclic) bond motifs is 1. The van der Waals surface area contributed by atoms with E-state index >= 15 is 0 Å². The summed E-state index contributed by atoms with van der Waals surface area (Å²) in [5.41, 5.74) is 2.74. The summed E-state index contributed by atoms with van der Waals surface area (Å²) < 4.78 is 0. The minimum Gasteiger partial charge on any atom is -0.478 e. The summed E-state index contributed by atoms with van der Waals surface area (Å²) in [6, 6.07) is 14.0. The molecule has 0 saturated carbocycles. The van der Waals surface area contributed by atoms with Gasteiger partial charge in [-0.15, -0.1) is 37.2 Å². The second-order valence-electron chi connectivity index (χ2n) is 9.37. The number of nitrogens with one attached hydrogen (secondary N) is 2. The van der Waals surface area contributed by atoms with Crippen LogP contribution in [0.1, 0.15) is 40.1 Å². The number of aryl methyl sites for hydroxylation is 1. The Kier molecular flexibility index (Phi) is 12.9. The fourth-order valence-corrected chi connectivity index (χ4v) is 4.24. The maximum Gasteiger partial charge on any atom is 0.336 e. The van der Waals surface area contributed by atoms with Gasteiger partial charge in [0.25, 0.3) is 5.91 Å². The molecule has 0 spiro atoms. The standard InChI is InChI=1S/C27H31N5O4.3ClH/c1-17(2)28-25(33)16-31-10-12-32(13-11-31)24-15-22(27(35)36)21-14-20(8-9-23(21)30-24)29-26(34)19-6-4-18(3)5-7-19;;;/h4-9,14-15,17H,10-13,16H2,1-3H3,(H,28,33)(H,29,34)(H,35,36);3*1H. The van der Waals surface area contributed by atoms with Crippen molar-refractivity contribution in [1.82, 2.24) is 15.2 Å². The highest BCUT2D eigenvalue weighted by Crippen LogP contribution is 2.27. The average molecular weight is 599 g/mol. The molecule has 0 bridgehead atoms. The number of anilines is 2. The van der Waals surface area contributed by atoms with E-state index in [2.05, 4.69) is 15.5 Å². The van der Waals surface area contributed by atoms with Gasteiger partial charge < -0.3 is 20.6 Å². The smallest absolute Gasteiger partial charge is 0.336 e. The fourth-order valence-electron chi connectivity index (χ4n) is 4.24. The van der Waals surface area contributed by atoms with Crippen LogP contribution in [-0.2, 0) is 4.79 Å². The van der Waals surface area contributed by atoms with Gasteiger partial charge in [0, 0.05) is 48.9 Å². The third-order valence-corrected chi connectivity index (χ3v) is 6.11. The number of aromatic nitrogens is 1. The van der Waals surface area contributed by atoms with Crippen LogP contribution in [0.4, 0.5) is 11.5 Å². The van der Waals surface area contributed by atoms with Crippen molar-refractivity contribution in [2.75, 3.05) is 42.9 Å². The number of hydrogen-bond donors (Lipinski definition) is 3. The Morgan fingerprint density at radius 3 is 2.18 bits per heavy atom. The van der Waals surface area contributed by atoms with Gasteiger partial charge in [-0.25, -0.2) is 9.78 Å². The van der Waals surface area contributed by atoms with E-state index in [4.69, 9.17) is 4.98 Å². The first-order chi connectivity index (χ1) is 17.2. The lowest BCUT2D eigenvalue weighted by atomic mass is 10.1. The van der Waals surface area contributed by atoms with Gasteiger partial charge in [0.15, 0.2) is 0 Å². The number of benzene rings is 2. The van der Waals surface area contributed by atoms with E-state index in [-0.39, 0.29) is 60.6 Å². The molecule has 1 saturated heterocycles. The van der Waals surface area contributed by atoms with E-state index in [1.807, 2.05) is 37.8 Å². The SMILES string of the molecule is Cc1ccc(C(=O)Nc2ccc3nc(N4CCN(CC(=O)NC(C)C)CC4)cc(C(=O)O)c3c2)cc1.Cl.Cl.Cl. The fraction of sp³-hybridized carbons (Fsp3) is 0.333. The number of hydrogen-bond acceptors (Lipinski definition) is 6. The molecule has 0 radical (unpaired) electrons. The largest absolute Gasteiger partial charge is 0.478 e. The first-order valence-electron chi connectivity index (χ1n) is 12.0. The van der Waals surface area contributed by atoms with Crippen molar-refractivity contribution >= 4 is 77.4 Å². The first-order valence-corrected chi connectivity index (χ1v) is 12.0. The van der Waals surface area contributed by atoms with Crippen LogP contribution in [-0.4, -0.2) is 71.5 Å². The van der Waals surface area contributed by atoms with Crippen LogP contribution in [0.2, 0.25) is 0 Å². The van der Waals surface area contributed by atoms with Crippen molar-refractivity contribution < 1.29 is 19.5 Å². The molecule has 212 valence electrons. The molecule has 1 aromatic heterocycles. The van der Waals surface area contributed by atoms with Crippen LogP contribution in [0, 0.1) is 6.92 Å². The van der Waals surface area contributed by atoms with Crippen LogP contribution in [0.3, 0.4) is 0 Å². The quantitative estimate of drug-likeness (QED) is 0.369. The number of carboxylic acids is 1. The Morgan fingerprint density at radius 2 is 1.59 bits per heavy atom. The zero-order chi connectivity index (χ0) is 25.8. The highest BCUT2D eigenvalue weighted by molar-refractivity contribution is 6.08. The molecule has 1 aliphatic rings. The molecule has 39 heavy (non-hydrogen) atoms. The lowest BCUT2D eigenvalue weighted by Gasteiger charge is -2.35. The number of halogens is 3. The predicted molar refractivity (Wildman–Crippen MR) is 162 cm³/mol. The lowest BCUT2D eigenvalue weighted by molar-refractivity contribution is -0.122. The third kappa shape index (κ3) is 8.69. The van der Waals surface area contributed by atoms with Gasteiger partial charge in [0.05, 0.1) is 17.6 Å². The van der Waals surface area contributed by atoms with Crippen molar-refractivity contribution in [2.45, 2.75) is 26.8 Å². The van der Waals surface area contributed by atoms with E-state index in [1.54, 1.807) is 36.4 Å². The second-order valence-corrected chi connectivity index (χ2v) is 9.37. The highest BCUT2D eigenvalue weighted by atomic mass is 35.5. The van der Waals surface area contributed by atoms with Crippen molar-refractivity contribution in [3.05, 3.63) is 65.2 Å². The number of aromatic carboxylic acids is 1. The molecule has 2 aromatic carbocycles. The highest BCUT2D eigenvalue weighted by Gasteiger charge is 2.22. The third-order valence-electron chi connectivity index (χ3n) is 6.11. The number of nitrogens with zero attached hydrogens (tertiary/aromatic N) is 3. The molecule has 1 aliphatic heterocycles. The molecule has 0 atom stereocenters. The van der Waals surface area contributed by atoms with Gasteiger partial charge in [0.2, 0.25) is 5.91 Å². The number of carbonyl (C=O) groups excluding carboxylic acids is 2. The maximum absolute atomic E-state index is 12.6. The van der Waals surface area contributed by atoms with Crippen LogP contribution < -0.4 is 15.5 Å². The number of pyridine rings is 1. The van der Waals surface area contributed by atoms with Crippen LogP contribution in [0.5, 0.6) is 0 Å². The average Bonchev–Trinajstić information content (AvgIpc) is 2.83. The van der Waals surface area contributed by atoms with Gasteiger partial charge in [-0.1, -0.05) is 17.7 Å². The van der Waals surface area contributed by atoms with E-state index in [0.717, 1.165) is 5.56 Å². The topological polar surface area (TPSA) is 115 Å². The summed E-state index contributed by atoms with van der Waals surface area (Å²) >= 11 is 0. The van der Waals surface area contributed by atoms with Crippen LogP contribution >= 0.6 is 37.2 Å². The van der Waals surface area contributed by atoms with Crippen molar-refractivity contribution in [2.24, 2.45) is 0 Å². The summed E-state index contributed by atoms with van der Waals surface area (Å²) in [6.07, 6.45) is 0. The minimum atomic E-state index is -1.06. The van der Waals surface area contributed by atoms with Crippen molar-refractivity contribution in [3.8, 4) is 0 Å².